The standard InChI is InChI=1S/C34H38N12O6/c1-5-45-25(11-17(3)41-45)31(51)39-33-37-21-13-19(29(35)49)7-9-23(21)43(33)15-27(47)28(48)16-44-24-10-8-20(30(36)50)14-22(24)38-34(44)40-32(52)26-12-18(4)42-46(26)6-2/h7-14,27-28,47-48H,5-6,15-16H2,1-4H3,(H2,35,49)(H2,36,50)(H,37,39,51)(H,38,40,52). The van der Waals surface area contributed by atoms with Crippen molar-refractivity contribution in [2.45, 2.75) is 66.1 Å². The van der Waals surface area contributed by atoms with Gasteiger partial charge in [0.15, 0.2) is 0 Å². The fourth-order valence-electron chi connectivity index (χ4n) is 6.01. The number of imidazole rings is 2. The summed E-state index contributed by atoms with van der Waals surface area (Å²) in [5.74, 6) is -2.29. The van der Waals surface area contributed by atoms with Crippen LogP contribution in [0.4, 0.5) is 11.9 Å². The molecule has 0 saturated carbocycles. The van der Waals surface area contributed by atoms with E-state index < -0.39 is 35.8 Å². The number of carbonyl (C=O) groups excluding carboxylic acids is 4. The van der Waals surface area contributed by atoms with Crippen molar-refractivity contribution in [3.8, 4) is 0 Å². The predicted molar refractivity (Wildman–Crippen MR) is 190 cm³/mol. The summed E-state index contributed by atoms with van der Waals surface area (Å²) in [5.41, 5.74) is 14.7. The first kappa shape index (κ1) is 35.4. The molecule has 0 fully saturated rings. The Morgan fingerprint density at radius 3 is 1.40 bits per heavy atom. The highest BCUT2D eigenvalue weighted by molar-refractivity contribution is 6.04. The van der Waals surface area contributed by atoms with Crippen LogP contribution in [0, 0.1) is 13.8 Å². The van der Waals surface area contributed by atoms with Crippen LogP contribution in [0.5, 0.6) is 0 Å². The Hall–Kier alpha value is -6.40. The van der Waals surface area contributed by atoms with Gasteiger partial charge in [-0.25, -0.2) is 9.97 Å². The number of aryl methyl sites for hydroxylation is 4. The number of amides is 4. The monoisotopic (exact) mass is 710 g/mol. The number of hydrogen-bond acceptors (Lipinski definition) is 10. The maximum Gasteiger partial charge on any atom is 0.276 e. The van der Waals surface area contributed by atoms with Crippen LogP contribution in [-0.2, 0) is 26.2 Å². The fourth-order valence-corrected chi connectivity index (χ4v) is 6.01. The lowest BCUT2D eigenvalue weighted by molar-refractivity contribution is 0.00174. The maximum absolute atomic E-state index is 13.4. The normalized spacial score (nSPS) is 12.7. The van der Waals surface area contributed by atoms with E-state index in [-0.39, 0.29) is 47.5 Å². The van der Waals surface area contributed by atoms with Crippen molar-refractivity contribution in [3.63, 3.8) is 0 Å². The molecule has 4 amide bonds. The van der Waals surface area contributed by atoms with E-state index in [2.05, 4.69) is 30.8 Å². The van der Waals surface area contributed by atoms with Crippen molar-refractivity contribution in [1.29, 1.82) is 0 Å². The summed E-state index contributed by atoms with van der Waals surface area (Å²) < 4.78 is 6.09. The Labute approximate surface area is 296 Å². The van der Waals surface area contributed by atoms with Gasteiger partial charge in [0.2, 0.25) is 23.7 Å². The molecule has 52 heavy (non-hydrogen) atoms. The Morgan fingerprint density at radius 2 is 1.06 bits per heavy atom. The summed E-state index contributed by atoms with van der Waals surface area (Å²) >= 11 is 0. The molecule has 4 heterocycles. The van der Waals surface area contributed by atoms with Gasteiger partial charge in [-0.1, -0.05) is 0 Å². The largest absolute Gasteiger partial charge is 0.388 e. The van der Waals surface area contributed by atoms with Gasteiger partial charge in [-0.15, -0.1) is 0 Å². The lowest BCUT2D eigenvalue weighted by Gasteiger charge is -2.22. The molecule has 0 bridgehead atoms. The minimum atomic E-state index is -1.47. The molecule has 8 N–H and O–H groups in total. The first-order chi connectivity index (χ1) is 24.8. The molecule has 270 valence electrons. The number of nitrogens with one attached hydrogen (secondary N) is 2. The number of nitrogens with two attached hydrogens (primary N) is 2. The molecular formula is C34H38N12O6. The van der Waals surface area contributed by atoms with Crippen molar-refractivity contribution in [2.24, 2.45) is 11.5 Å². The molecule has 0 aliphatic heterocycles. The van der Waals surface area contributed by atoms with E-state index >= 15 is 0 Å². The van der Waals surface area contributed by atoms with E-state index in [0.29, 0.717) is 46.5 Å². The zero-order valence-electron chi connectivity index (χ0n) is 28.9. The number of primary amides is 2. The second kappa shape index (κ2) is 14.1. The number of rotatable bonds is 13. The van der Waals surface area contributed by atoms with Crippen molar-refractivity contribution in [2.75, 3.05) is 10.6 Å². The minimum Gasteiger partial charge on any atom is -0.388 e. The van der Waals surface area contributed by atoms with E-state index in [9.17, 15) is 29.4 Å². The Kier molecular flexibility index (Phi) is 9.59. The van der Waals surface area contributed by atoms with Crippen LogP contribution in [0.25, 0.3) is 22.1 Å². The van der Waals surface area contributed by atoms with E-state index in [4.69, 9.17) is 11.5 Å². The van der Waals surface area contributed by atoms with Gasteiger partial charge in [-0.2, -0.15) is 10.2 Å². The maximum atomic E-state index is 13.4. The molecule has 2 aromatic carbocycles. The lowest BCUT2D eigenvalue weighted by Crippen LogP contribution is -2.35. The van der Waals surface area contributed by atoms with Crippen LogP contribution >= 0.6 is 0 Å². The van der Waals surface area contributed by atoms with Gasteiger partial charge >= 0.3 is 0 Å². The third-order valence-corrected chi connectivity index (χ3v) is 8.57. The molecule has 0 aliphatic carbocycles. The molecule has 18 heteroatoms. The SMILES string of the molecule is CCn1nc(C)cc1C(=O)Nc1nc2cc(C(N)=O)ccc2n1CC(O)C(O)Cn1c(NC(=O)c2cc(C)nn2CC)nc2cc(C(N)=O)ccc21. The number of nitrogens with zero attached hydrogens (tertiary/aromatic N) is 8. The highest BCUT2D eigenvalue weighted by Gasteiger charge is 2.26. The van der Waals surface area contributed by atoms with Gasteiger partial charge in [-0.05, 0) is 76.2 Å². The number of aromatic nitrogens is 8. The quantitative estimate of drug-likeness (QED) is 0.101. The molecule has 6 rings (SSSR count). The smallest absolute Gasteiger partial charge is 0.276 e. The van der Waals surface area contributed by atoms with Gasteiger partial charge in [0, 0.05) is 24.2 Å². The van der Waals surface area contributed by atoms with Crippen LogP contribution < -0.4 is 22.1 Å². The Bertz CT molecular complexity index is 2200. The van der Waals surface area contributed by atoms with Crippen molar-refractivity contribution in [3.05, 3.63) is 82.4 Å². The zero-order chi connectivity index (χ0) is 37.4. The minimum absolute atomic E-state index is 0.0391. The Balaban J connectivity index is 1.33. The number of anilines is 2. The first-order valence-electron chi connectivity index (χ1n) is 16.5. The van der Waals surface area contributed by atoms with Gasteiger partial charge in [0.25, 0.3) is 11.8 Å². The Morgan fingerprint density at radius 1 is 0.673 bits per heavy atom. The molecule has 18 nitrogen and oxygen atoms in total. The van der Waals surface area contributed by atoms with E-state index in [1.165, 1.54) is 42.8 Å². The zero-order valence-corrected chi connectivity index (χ0v) is 28.9. The van der Waals surface area contributed by atoms with Crippen molar-refractivity contribution >= 4 is 57.6 Å². The van der Waals surface area contributed by atoms with Gasteiger partial charge < -0.3 is 30.8 Å². The molecule has 4 aromatic heterocycles. The van der Waals surface area contributed by atoms with E-state index in [1.54, 1.807) is 38.1 Å². The average Bonchev–Trinajstić information content (AvgIpc) is 3.86. The molecule has 0 saturated heterocycles. The number of fused-ring (bicyclic) bond motifs is 2. The summed E-state index contributed by atoms with van der Waals surface area (Å²) in [5, 5.41) is 37.1. The predicted octanol–water partition coefficient (Wildman–Crippen LogP) is 1.56. The van der Waals surface area contributed by atoms with Crippen LogP contribution in [-0.4, -0.2) is 84.7 Å². The van der Waals surface area contributed by atoms with E-state index in [1.807, 2.05) is 13.8 Å². The van der Waals surface area contributed by atoms with Gasteiger partial charge in [-0.3, -0.25) is 39.2 Å². The second-order valence-corrected chi connectivity index (χ2v) is 12.2. The number of benzene rings is 2. The van der Waals surface area contributed by atoms with Gasteiger partial charge in [0.1, 0.15) is 11.4 Å². The molecule has 0 aliphatic rings. The molecule has 2 atom stereocenters. The number of aliphatic hydroxyl groups is 2. The first-order valence-corrected chi connectivity index (χ1v) is 16.5. The fraction of sp³-hybridized carbons (Fsp3) is 0.294. The molecule has 2 unspecified atom stereocenters. The topological polar surface area (TPSA) is 256 Å². The molecule has 0 radical (unpaired) electrons. The van der Waals surface area contributed by atoms with Crippen molar-refractivity contribution < 1.29 is 29.4 Å². The number of hydrogen-bond donors (Lipinski definition) is 6. The molecular weight excluding hydrogens is 672 g/mol. The lowest BCUT2D eigenvalue weighted by atomic mass is 10.1. The van der Waals surface area contributed by atoms with E-state index in [0.717, 1.165) is 0 Å². The molecule has 0 spiro atoms. The highest BCUT2D eigenvalue weighted by Crippen LogP contribution is 2.26. The number of aliphatic hydroxyl groups excluding tert-OH is 2. The second-order valence-electron chi connectivity index (χ2n) is 12.2. The average molecular weight is 711 g/mol. The van der Waals surface area contributed by atoms with Crippen molar-refractivity contribution in [1.82, 2.24) is 38.7 Å². The van der Waals surface area contributed by atoms with Gasteiger partial charge in [0.05, 0.1) is 58.8 Å². The summed E-state index contributed by atoms with van der Waals surface area (Å²) in [6.07, 6.45) is -2.94. The third-order valence-electron chi connectivity index (χ3n) is 8.57. The summed E-state index contributed by atoms with van der Waals surface area (Å²) in [4.78, 5) is 59.7. The van der Waals surface area contributed by atoms with Crippen LogP contribution in [0.15, 0.2) is 48.5 Å². The summed E-state index contributed by atoms with van der Waals surface area (Å²) in [7, 11) is 0. The summed E-state index contributed by atoms with van der Waals surface area (Å²) in [6, 6.07) is 12.3. The third kappa shape index (κ3) is 6.83. The van der Waals surface area contributed by atoms with Crippen LogP contribution in [0.1, 0.15) is 66.9 Å². The van der Waals surface area contributed by atoms with Crippen LogP contribution in [0.2, 0.25) is 0 Å². The van der Waals surface area contributed by atoms with Crippen LogP contribution in [0.3, 0.4) is 0 Å². The summed E-state index contributed by atoms with van der Waals surface area (Å²) in [6.45, 7) is 7.58. The highest BCUT2D eigenvalue weighted by atomic mass is 16.3. The molecule has 6 aromatic rings. The number of carbonyl (C=O) groups is 4.